The minimum Gasteiger partial charge on any atom is -0.385 e. The van der Waals surface area contributed by atoms with E-state index in [1.807, 2.05) is 6.08 Å². The number of hydrogen-bond acceptors (Lipinski definition) is 5. The molecule has 1 unspecified atom stereocenters. The second-order valence-corrected chi connectivity index (χ2v) is 2.36. The Hall–Kier alpha value is -1.04. The minimum atomic E-state index is -0.236. The first-order valence-electron chi connectivity index (χ1n) is 3.70. The van der Waals surface area contributed by atoms with Crippen LogP contribution < -0.4 is 0 Å². The van der Waals surface area contributed by atoms with Crippen LogP contribution in [-0.2, 0) is 19.7 Å². The molecule has 1 atom stereocenters. The first kappa shape index (κ1) is 7.60. The molecule has 0 amide bonds. The van der Waals surface area contributed by atoms with Crippen molar-refractivity contribution in [1.82, 2.24) is 5.06 Å². The van der Waals surface area contributed by atoms with Crippen LogP contribution in [0.1, 0.15) is 6.42 Å². The summed E-state index contributed by atoms with van der Waals surface area (Å²) in [5.74, 6) is 0. The second-order valence-electron chi connectivity index (χ2n) is 2.36. The molecule has 0 aliphatic carbocycles. The third kappa shape index (κ3) is 1.58. The Labute approximate surface area is 69.6 Å². The molecule has 5 heteroatoms. The predicted octanol–water partition coefficient (Wildman–Crippen LogP) is 0.871. The quantitative estimate of drug-likeness (QED) is 0.547. The Morgan fingerprint density at radius 1 is 1.33 bits per heavy atom. The Balaban J connectivity index is 1.90. The van der Waals surface area contributed by atoms with Crippen LogP contribution in [0, 0.1) is 0 Å². The molecule has 0 radical (unpaired) electrons. The molecule has 5 nitrogen and oxygen atoms in total. The van der Waals surface area contributed by atoms with Crippen LogP contribution in [0.15, 0.2) is 24.6 Å². The van der Waals surface area contributed by atoms with Gasteiger partial charge >= 0.3 is 0 Å². The topological polar surface area (TPSA) is 40.2 Å². The number of rotatable bonds is 1. The Morgan fingerprint density at radius 3 is 3.00 bits per heavy atom. The molecular formula is C7H9NO4. The van der Waals surface area contributed by atoms with Gasteiger partial charge in [-0.05, 0) is 12.2 Å². The summed E-state index contributed by atoms with van der Waals surface area (Å²) < 4.78 is 0. The summed E-state index contributed by atoms with van der Waals surface area (Å²) in [6.45, 7) is 0.502. The summed E-state index contributed by atoms with van der Waals surface area (Å²) in [6.07, 6.45) is 7.44. The molecule has 0 N–H and O–H groups in total. The van der Waals surface area contributed by atoms with Crippen molar-refractivity contribution in [3.05, 3.63) is 24.6 Å². The van der Waals surface area contributed by atoms with Gasteiger partial charge in [0.05, 0.1) is 6.61 Å². The fourth-order valence-electron chi connectivity index (χ4n) is 0.958. The molecule has 12 heavy (non-hydrogen) atoms. The molecule has 0 aromatic carbocycles. The molecule has 2 heterocycles. The monoisotopic (exact) mass is 171 g/mol. The van der Waals surface area contributed by atoms with Crippen molar-refractivity contribution in [2.24, 2.45) is 0 Å². The molecule has 2 aliphatic rings. The lowest BCUT2D eigenvalue weighted by atomic mass is 10.4. The van der Waals surface area contributed by atoms with Crippen molar-refractivity contribution in [2.45, 2.75) is 12.6 Å². The van der Waals surface area contributed by atoms with Crippen LogP contribution in [0.5, 0.6) is 0 Å². The smallest absolute Gasteiger partial charge is 0.203 e. The summed E-state index contributed by atoms with van der Waals surface area (Å²) in [5, 5.41) is 5.91. The molecule has 0 saturated carbocycles. The first-order valence-corrected chi connectivity index (χ1v) is 3.70. The molecular weight excluding hydrogens is 162 g/mol. The van der Waals surface area contributed by atoms with Gasteiger partial charge in [0.2, 0.25) is 6.23 Å². The average Bonchev–Trinajstić information content (AvgIpc) is 2.21. The maximum Gasteiger partial charge on any atom is 0.203 e. The minimum absolute atomic E-state index is 0.236. The highest BCUT2D eigenvalue weighted by Gasteiger charge is 2.23. The summed E-state index contributed by atoms with van der Waals surface area (Å²) >= 11 is 0. The highest BCUT2D eigenvalue weighted by atomic mass is 17.5. The molecule has 2 rings (SSSR count). The van der Waals surface area contributed by atoms with Crippen molar-refractivity contribution in [3.63, 3.8) is 0 Å². The maximum atomic E-state index is 5.12. The fourth-order valence-corrected chi connectivity index (χ4v) is 0.958. The Morgan fingerprint density at radius 2 is 2.33 bits per heavy atom. The van der Waals surface area contributed by atoms with Crippen molar-refractivity contribution in [1.29, 1.82) is 0 Å². The van der Waals surface area contributed by atoms with Crippen LogP contribution in [0.4, 0.5) is 0 Å². The van der Waals surface area contributed by atoms with E-state index in [-0.39, 0.29) is 6.23 Å². The summed E-state index contributed by atoms with van der Waals surface area (Å²) in [6, 6.07) is 0. The lowest BCUT2D eigenvalue weighted by Crippen LogP contribution is -2.36. The lowest BCUT2D eigenvalue weighted by Gasteiger charge is -2.29. The number of allylic oxidation sites excluding steroid dienone is 2. The molecule has 0 aromatic heterocycles. The van der Waals surface area contributed by atoms with Gasteiger partial charge in [-0.3, -0.25) is 0 Å². The summed E-state index contributed by atoms with van der Waals surface area (Å²) in [5.41, 5.74) is 0. The molecule has 1 fully saturated rings. The van der Waals surface area contributed by atoms with Crippen LogP contribution >= 0.6 is 0 Å². The third-order valence-corrected chi connectivity index (χ3v) is 1.54. The van der Waals surface area contributed by atoms with E-state index in [4.69, 9.17) is 9.73 Å². The first-order chi connectivity index (χ1) is 5.97. The number of hydroxylamine groups is 2. The van der Waals surface area contributed by atoms with Gasteiger partial charge in [-0.15, -0.1) is 0 Å². The van der Waals surface area contributed by atoms with E-state index in [0.29, 0.717) is 13.0 Å². The molecule has 66 valence electrons. The Bertz CT molecular complexity index is 198. The Kier molecular flexibility index (Phi) is 2.26. The van der Waals surface area contributed by atoms with Gasteiger partial charge in [-0.2, -0.15) is 9.95 Å². The highest BCUT2D eigenvalue weighted by Crippen LogP contribution is 2.15. The molecule has 0 aromatic rings. The van der Waals surface area contributed by atoms with Crippen LogP contribution in [0.25, 0.3) is 0 Å². The number of nitrogens with zero attached hydrogens (tertiary/aromatic N) is 1. The van der Waals surface area contributed by atoms with Crippen LogP contribution in [0.3, 0.4) is 0 Å². The molecule has 2 aliphatic heterocycles. The molecule has 0 bridgehead atoms. The van der Waals surface area contributed by atoms with E-state index >= 15 is 0 Å². The third-order valence-electron chi connectivity index (χ3n) is 1.54. The summed E-state index contributed by atoms with van der Waals surface area (Å²) in [4.78, 5) is 14.5. The standard InChI is InChI=1S/C7H9NO4/c1-2-5-9-8(4-1)7-3-6-10-12-11-7/h1-2,4-5,7H,3,6H2. The van der Waals surface area contributed by atoms with Gasteiger partial charge in [-0.1, -0.05) is 5.04 Å². The van der Waals surface area contributed by atoms with E-state index in [1.54, 1.807) is 23.6 Å². The number of hydrogen-bond donors (Lipinski definition) is 0. The lowest BCUT2D eigenvalue weighted by molar-refractivity contribution is -0.567. The second kappa shape index (κ2) is 3.57. The zero-order chi connectivity index (χ0) is 8.23. The van der Waals surface area contributed by atoms with Gasteiger partial charge in [-0.25, -0.2) is 4.89 Å². The van der Waals surface area contributed by atoms with Gasteiger partial charge in [0.1, 0.15) is 6.26 Å². The van der Waals surface area contributed by atoms with Crippen molar-refractivity contribution in [2.75, 3.05) is 6.61 Å². The van der Waals surface area contributed by atoms with E-state index < -0.39 is 0 Å². The van der Waals surface area contributed by atoms with E-state index in [1.165, 1.54) is 0 Å². The normalized spacial score (nSPS) is 28.7. The van der Waals surface area contributed by atoms with Gasteiger partial charge in [0.15, 0.2) is 0 Å². The maximum absolute atomic E-state index is 5.12. The van der Waals surface area contributed by atoms with E-state index in [0.717, 1.165) is 0 Å². The predicted molar refractivity (Wildman–Crippen MR) is 37.7 cm³/mol. The fraction of sp³-hybridized carbons (Fsp3) is 0.429. The largest absolute Gasteiger partial charge is 0.385 e. The van der Waals surface area contributed by atoms with Crippen molar-refractivity contribution in [3.8, 4) is 0 Å². The highest BCUT2D eigenvalue weighted by molar-refractivity contribution is 5.01. The zero-order valence-electron chi connectivity index (χ0n) is 6.38. The van der Waals surface area contributed by atoms with E-state index in [2.05, 4.69) is 9.93 Å². The van der Waals surface area contributed by atoms with Crippen molar-refractivity contribution < 1.29 is 19.7 Å². The van der Waals surface area contributed by atoms with Crippen molar-refractivity contribution >= 4 is 0 Å². The van der Waals surface area contributed by atoms with Gasteiger partial charge in [0, 0.05) is 12.6 Å². The van der Waals surface area contributed by atoms with Crippen LogP contribution in [0.2, 0.25) is 0 Å². The van der Waals surface area contributed by atoms with E-state index in [9.17, 15) is 0 Å². The van der Waals surface area contributed by atoms with Gasteiger partial charge in [0.25, 0.3) is 0 Å². The summed E-state index contributed by atoms with van der Waals surface area (Å²) in [7, 11) is 0. The molecule has 1 saturated heterocycles. The van der Waals surface area contributed by atoms with Gasteiger partial charge < -0.3 is 4.84 Å². The SMILES string of the molecule is C1=CON(C2CCOOO2)C=C1. The molecule has 0 spiro atoms. The van der Waals surface area contributed by atoms with Crippen LogP contribution in [-0.4, -0.2) is 17.9 Å². The zero-order valence-corrected chi connectivity index (χ0v) is 6.38. The average molecular weight is 171 g/mol.